The highest BCUT2D eigenvalue weighted by Crippen LogP contribution is 2.35. The zero-order chi connectivity index (χ0) is 16.1. The topological polar surface area (TPSA) is 54.9 Å². The van der Waals surface area contributed by atoms with Crippen LogP contribution in [-0.4, -0.2) is 31.8 Å². The van der Waals surface area contributed by atoms with Crippen molar-refractivity contribution in [1.29, 1.82) is 0 Å². The van der Waals surface area contributed by atoms with Gasteiger partial charge in [-0.2, -0.15) is 0 Å². The Kier molecular flexibility index (Phi) is 7.94. The minimum absolute atomic E-state index is 0. The molecule has 1 aromatic carbocycles. The van der Waals surface area contributed by atoms with Gasteiger partial charge in [0.2, 0.25) is 0 Å². The predicted octanol–water partition coefficient (Wildman–Crippen LogP) is 3.10. The van der Waals surface area contributed by atoms with Gasteiger partial charge in [0, 0.05) is 30.1 Å². The van der Waals surface area contributed by atoms with Crippen molar-refractivity contribution in [3.63, 3.8) is 0 Å². The van der Waals surface area contributed by atoms with Crippen molar-refractivity contribution in [1.82, 2.24) is 10.6 Å². The molecule has 0 radical (unpaired) electrons. The number of nitrogens with zero attached hydrogens (tertiary/aromatic N) is 1. The van der Waals surface area contributed by atoms with Gasteiger partial charge in [0.05, 0.1) is 13.7 Å². The lowest BCUT2D eigenvalue weighted by Crippen LogP contribution is -2.41. The van der Waals surface area contributed by atoms with Gasteiger partial charge in [0.25, 0.3) is 0 Å². The molecule has 0 spiro atoms. The molecule has 1 aromatic rings. The summed E-state index contributed by atoms with van der Waals surface area (Å²) in [5.74, 6) is 2.65. The van der Waals surface area contributed by atoms with E-state index in [9.17, 15) is 0 Å². The number of halogens is 1. The van der Waals surface area contributed by atoms with Gasteiger partial charge in [0.1, 0.15) is 17.6 Å². The molecule has 0 aliphatic carbocycles. The Morgan fingerprint density at radius 2 is 2.17 bits per heavy atom. The maximum absolute atomic E-state index is 5.83. The Hall–Kier alpha value is -1.18. The van der Waals surface area contributed by atoms with Crippen molar-refractivity contribution in [2.75, 3.05) is 13.7 Å². The van der Waals surface area contributed by atoms with Crippen LogP contribution in [0.5, 0.6) is 11.5 Å². The maximum Gasteiger partial charge on any atom is 0.191 e. The fraction of sp³-hybridized carbons (Fsp3) is 0.588. The van der Waals surface area contributed by atoms with Gasteiger partial charge in [0.15, 0.2) is 5.96 Å². The highest BCUT2D eigenvalue weighted by Gasteiger charge is 2.21. The summed E-state index contributed by atoms with van der Waals surface area (Å²) < 4.78 is 11.3. The molecule has 0 aromatic heterocycles. The summed E-state index contributed by atoms with van der Waals surface area (Å²) in [6.45, 7) is 9.72. The molecule has 1 aliphatic rings. The van der Waals surface area contributed by atoms with E-state index >= 15 is 0 Å². The maximum atomic E-state index is 5.83. The third-order valence-electron chi connectivity index (χ3n) is 3.48. The van der Waals surface area contributed by atoms with Crippen molar-refractivity contribution in [2.45, 2.75) is 52.8 Å². The van der Waals surface area contributed by atoms with E-state index in [0.29, 0.717) is 12.6 Å². The van der Waals surface area contributed by atoms with E-state index in [1.54, 1.807) is 7.11 Å². The van der Waals surface area contributed by atoms with Crippen molar-refractivity contribution < 1.29 is 9.47 Å². The largest absolute Gasteiger partial charge is 0.496 e. The molecule has 1 atom stereocenters. The Morgan fingerprint density at radius 3 is 2.78 bits per heavy atom. The average Bonchev–Trinajstić information content (AvgIpc) is 2.82. The zero-order valence-corrected chi connectivity index (χ0v) is 16.9. The lowest BCUT2D eigenvalue weighted by Gasteiger charge is -2.15. The van der Waals surface area contributed by atoms with Crippen LogP contribution in [0.2, 0.25) is 0 Å². The average molecular weight is 433 g/mol. The Bertz CT molecular complexity index is 547. The SMILES string of the molecule is CCNC(=NCc1cc2c(cc1OC)CC(C)O2)NC(C)C.I. The summed E-state index contributed by atoms with van der Waals surface area (Å²) in [4.78, 5) is 4.64. The minimum Gasteiger partial charge on any atom is -0.496 e. The fourth-order valence-electron chi connectivity index (χ4n) is 2.55. The van der Waals surface area contributed by atoms with Crippen LogP contribution < -0.4 is 20.1 Å². The number of fused-ring (bicyclic) bond motifs is 1. The monoisotopic (exact) mass is 433 g/mol. The standard InChI is InChI=1S/C17H27N3O2.HI/c1-6-18-17(20-11(2)3)19-10-14-9-16-13(7-12(4)22-16)8-15(14)21-5;/h8-9,11-12H,6-7,10H2,1-5H3,(H2,18,19,20);1H. The Labute approximate surface area is 156 Å². The fourth-order valence-corrected chi connectivity index (χ4v) is 2.55. The Morgan fingerprint density at radius 1 is 1.43 bits per heavy atom. The first-order valence-electron chi connectivity index (χ1n) is 7.94. The molecule has 6 heteroatoms. The molecule has 1 heterocycles. The van der Waals surface area contributed by atoms with Gasteiger partial charge in [-0.15, -0.1) is 24.0 Å². The first-order chi connectivity index (χ1) is 10.5. The van der Waals surface area contributed by atoms with Crippen LogP contribution in [0.4, 0.5) is 0 Å². The van der Waals surface area contributed by atoms with E-state index in [4.69, 9.17) is 9.47 Å². The second-order valence-electron chi connectivity index (χ2n) is 5.90. The van der Waals surface area contributed by atoms with Crippen LogP contribution in [0, 0.1) is 0 Å². The highest BCUT2D eigenvalue weighted by molar-refractivity contribution is 14.0. The molecule has 0 amide bonds. The number of guanidine groups is 1. The van der Waals surface area contributed by atoms with Crippen LogP contribution in [0.3, 0.4) is 0 Å². The minimum atomic E-state index is 0. The summed E-state index contributed by atoms with van der Waals surface area (Å²) in [6.07, 6.45) is 1.17. The molecule has 0 fully saturated rings. The van der Waals surface area contributed by atoms with Crippen LogP contribution in [-0.2, 0) is 13.0 Å². The molecule has 1 unspecified atom stereocenters. The molecule has 23 heavy (non-hydrogen) atoms. The van der Waals surface area contributed by atoms with E-state index < -0.39 is 0 Å². The first kappa shape index (κ1) is 19.9. The van der Waals surface area contributed by atoms with Crippen molar-refractivity contribution in [2.24, 2.45) is 4.99 Å². The molecule has 0 saturated heterocycles. The number of aliphatic imine (C=N–C) groups is 1. The van der Waals surface area contributed by atoms with E-state index in [2.05, 4.69) is 55.5 Å². The van der Waals surface area contributed by atoms with Crippen LogP contribution >= 0.6 is 24.0 Å². The van der Waals surface area contributed by atoms with Gasteiger partial charge in [-0.25, -0.2) is 4.99 Å². The molecule has 0 bridgehead atoms. The van der Waals surface area contributed by atoms with Gasteiger partial charge in [-0.1, -0.05) is 0 Å². The van der Waals surface area contributed by atoms with E-state index in [-0.39, 0.29) is 30.1 Å². The molecule has 0 saturated carbocycles. The second-order valence-corrected chi connectivity index (χ2v) is 5.90. The van der Waals surface area contributed by atoms with Crippen molar-refractivity contribution in [3.8, 4) is 11.5 Å². The lowest BCUT2D eigenvalue weighted by atomic mass is 10.1. The molecule has 2 rings (SSSR count). The first-order valence-corrected chi connectivity index (χ1v) is 7.94. The Balaban J connectivity index is 0.00000264. The third-order valence-corrected chi connectivity index (χ3v) is 3.48. The van der Waals surface area contributed by atoms with E-state index in [1.165, 1.54) is 5.56 Å². The van der Waals surface area contributed by atoms with Crippen molar-refractivity contribution in [3.05, 3.63) is 23.3 Å². The molecule has 2 N–H and O–H groups in total. The van der Waals surface area contributed by atoms with Gasteiger partial charge >= 0.3 is 0 Å². The second kappa shape index (κ2) is 9.20. The predicted molar refractivity (Wildman–Crippen MR) is 105 cm³/mol. The van der Waals surface area contributed by atoms with Crippen LogP contribution in [0.15, 0.2) is 17.1 Å². The highest BCUT2D eigenvalue weighted by atomic mass is 127. The molecular weight excluding hydrogens is 405 g/mol. The summed E-state index contributed by atoms with van der Waals surface area (Å²) in [5, 5.41) is 6.56. The number of nitrogens with one attached hydrogen (secondary N) is 2. The van der Waals surface area contributed by atoms with Crippen LogP contribution in [0.1, 0.15) is 38.8 Å². The summed E-state index contributed by atoms with van der Waals surface area (Å²) in [7, 11) is 1.70. The van der Waals surface area contributed by atoms with Gasteiger partial charge < -0.3 is 20.1 Å². The summed E-state index contributed by atoms with van der Waals surface area (Å²) >= 11 is 0. The van der Waals surface area contributed by atoms with Gasteiger partial charge in [-0.3, -0.25) is 0 Å². The van der Waals surface area contributed by atoms with Gasteiger partial charge in [-0.05, 0) is 39.8 Å². The zero-order valence-electron chi connectivity index (χ0n) is 14.6. The summed E-state index contributed by atoms with van der Waals surface area (Å²) in [6, 6.07) is 4.47. The number of hydrogen-bond acceptors (Lipinski definition) is 3. The molecular formula is C17H28IN3O2. The van der Waals surface area contributed by atoms with E-state index in [1.807, 2.05) is 0 Å². The number of methoxy groups -OCH3 is 1. The number of hydrogen-bond donors (Lipinski definition) is 2. The molecule has 130 valence electrons. The number of ether oxygens (including phenoxy) is 2. The molecule has 5 nitrogen and oxygen atoms in total. The number of benzene rings is 1. The smallest absolute Gasteiger partial charge is 0.191 e. The van der Waals surface area contributed by atoms with Crippen molar-refractivity contribution >= 4 is 29.9 Å². The molecule has 1 aliphatic heterocycles. The number of rotatable bonds is 5. The summed E-state index contributed by atoms with van der Waals surface area (Å²) in [5.41, 5.74) is 2.25. The van der Waals surface area contributed by atoms with Crippen LogP contribution in [0.25, 0.3) is 0 Å². The third kappa shape index (κ3) is 5.44. The normalized spacial score (nSPS) is 16.4. The quantitative estimate of drug-likeness (QED) is 0.426. The van der Waals surface area contributed by atoms with E-state index in [0.717, 1.165) is 36.0 Å². The lowest BCUT2D eigenvalue weighted by molar-refractivity contribution is 0.254.